The minimum atomic E-state index is -0.0565. The van der Waals surface area contributed by atoms with Gasteiger partial charge in [0.05, 0.1) is 0 Å². The Morgan fingerprint density at radius 3 is 2.83 bits per heavy atom. The van der Waals surface area contributed by atoms with E-state index in [1.165, 1.54) is 31.1 Å². The summed E-state index contributed by atoms with van der Waals surface area (Å²) < 4.78 is 0. The predicted octanol–water partition coefficient (Wildman–Crippen LogP) is 2.86. The molecule has 18 heavy (non-hydrogen) atoms. The van der Waals surface area contributed by atoms with Crippen LogP contribution in [0, 0.1) is 0 Å². The van der Waals surface area contributed by atoms with Crippen LogP contribution in [0.1, 0.15) is 31.7 Å². The molecule has 1 fully saturated rings. The molecular weight excluding hydrogens is 246 g/mol. The molecule has 2 unspecified atom stereocenters. The molecule has 3 N–H and O–H groups in total. The van der Waals surface area contributed by atoms with E-state index in [0.29, 0.717) is 6.04 Å². The van der Waals surface area contributed by atoms with E-state index in [-0.39, 0.29) is 11.5 Å². The van der Waals surface area contributed by atoms with Gasteiger partial charge < -0.3 is 15.5 Å². The molecule has 0 bridgehead atoms. The largest absolute Gasteiger partial charge is 0.504 e. The minimum Gasteiger partial charge on any atom is -0.504 e. The maximum absolute atomic E-state index is 9.42. The van der Waals surface area contributed by atoms with Crippen LogP contribution in [-0.4, -0.2) is 27.3 Å². The lowest BCUT2D eigenvalue weighted by Gasteiger charge is -2.13. The van der Waals surface area contributed by atoms with E-state index in [4.69, 9.17) is 0 Å². The quantitative estimate of drug-likeness (QED) is 0.718. The van der Waals surface area contributed by atoms with Crippen LogP contribution in [0.3, 0.4) is 0 Å². The van der Waals surface area contributed by atoms with Crippen LogP contribution in [0.25, 0.3) is 0 Å². The smallest absolute Gasteiger partial charge is 0.157 e. The van der Waals surface area contributed by atoms with Gasteiger partial charge in [0.25, 0.3) is 0 Å². The van der Waals surface area contributed by atoms with Crippen molar-refractivity contribution >= 4 is 11.8 Å². The Bertz CT molecular complexity index is 397. The van der Waals surface area contributed by atoms with E-state index < -0.39 is 0 Å². The van der Waals surface area contributed by atoms with E-state index in [0.717, 1.165) is 17.4 Å². The van der Waals surface area contributed by atoms with Gasteiger partial charge in [-0.3, -0.25) is 0 Å². The summed E-state index contributed by atoms with van der Waals surface area (Å²) >= 11 is 2.06. The number of hydrogen-bond donors (Lipinski definition) is 3. The zero-order chi connectivity index (χ0) is 13.0. The van der Waals surface area contributed by atoms with Crippen molar-refractivity contribution in [2.45, 2.75) is 44.0 Å². The van der Waals surface area contributed by atoms with Crippen molar-refractivity contribution in [1.29, 1.82) is 0 Å². The number of rotatable bonds is 5. The molecule has 0 spiro atoms. The second-order valence-electron chi connectivity index (χ2n) is 4.79. The summed E-state index contributed by atoms with van der Waals surface area (Å²) in [6.07, 6.45) is 3.78. The molecular formula is C14H21NO2S. The predicted molar refractivity (Wildman–Crippen MR) is 76.2 cm³/mol. The number of phenols is 2. The van der Waals surface area contributed by atoms with Crippen molar-refractivity contribution in [1.82, 2.24) is 5.32 Å². The Morgan fingerprint density at radius 1 is 1.28 bits per heavy atom. The highest BCUT2D eigenvalue weighted by Gasteiger charge is 2.23. The second-order valence-corrected chi connectivity index (χ2v) is 6.37. The molecule has 1 aromatic carbocycles. The highest BCUT2D eigenvalue weighted by Crippen LogP contribution is 2.30. The number of thioether (sulfide) groups is 1. The van der Waals surface area contributed by atoms with Gasteiger partial charge in [-0.2, -0.15) is 11.8 Å². The SMILES string of the molecule is CCSC1CCC(NCc2ccc(O)c(O)c2)C1. The van der Waals surface area contributed by atoms with Gasteiger partial charge in [-0.25, -0.2) is 0 Å². The lowest BCUT2D eigenvalue weighted by molar-refractivity contribution is 0.402. The monoisotopic (exact) mass is 267 g/mol. The Kier molecular flexibility index (Phi) is 4.78. The van der Waals surface area contributed by atoms with Crippen LogP contribution < -0.4 is 5.32 Å². The Hall–Kier alpha value is -0.870. The van der Waals surface area contributed by atoms with Crippen LogP contribution in [-0.2, 0) is 6.54 Å². The lowest BCUT2D eigenvalue weighted by Crippen LogP contribution is -2.26. The third-order valence-electron chi connectivity index (χ3n) is 3.42. The fourth-order valence-corrected chi connectivity index (χ4v) is 3.60. The minimum absolute atomic E-state index is 0.0415. The summed E-state index contributed by atoms with van der Waals surface area (Å²) in [6, 6.07) is 5.59. The van der Waals surface area contributed by atoms with E-state index in [1.54, 1.807) is 6.07 Å². The van der Waals surface area contributed by atoms with Gasteiger partial charge in [0.15, 0.2) is 11.5 Å². The number of phenolic OH excluding ortho intramolecular Hbond substituents is 2. The van der Waals surface area contributed by atoms with Gasteiger partial charge in [-0.05, 0) is 42.7 Å². The maximum Gasteiger partial charge on any atom is 0.157 e. The molecule has 4 heteroatoms. The number of hydrogen-bond acceptors (Lipinski definition) is 4. The summed E-state index contributed by atoms with van der Waals surface area (Å²) in [6.45, 7) is 2.96. The van der Waals surface area contributed by atoms with Gasteiger partial charge in [0.1, 0.15) is 0 Å². The van der Waals surface area contributed by atoms with E-state index in [9.17, 15) is 10.2 Å². The third-order valence-corrected chi connectivity index (χ3v) is 4.65. The Morgan fingerprint density at radius 2 is 2.11 bits per heavy atom. The van der Waals surface area contributed by atoms with Gasteiger partial charge in [-0.1, -0.05) is 13.0 Å². The summed E-state index contributed by atoms with van der Waals surface area (Å²) in [4.78, 5) is 0. The standard InChI is InChI=1S/C14H21NO2S/c1-2-18-12-5-4-11(8-12)15-9-10-3-6-13(16)14(17)7-10/h3,6-7,11-12,15-17H,2,4-5,8-9H2,1H3. The normalized spacial score (nSPS) is 23.4. The Labute approximate surface area is 113 Å². The zero-order valence-corrected chi connectivity index (χ0v) is 11.5. The first kappa shape index (κ1) is 13.6. The van der Waals surface area contributed by atoms with Gasteiger partial charge in [-0.15, -0.1) is 0 Å². The molecule has 1 aliphatic carbocycles. The van der Waals surface area contributed by atoms with Crippen molar-refractivity contribution in [2.24, 2.45) is 0 Å². The lowest BCUT2D eigenvalue weighted by atomic mass is 10.2. The average molecular weight is 267 g/mol. The first-order valence-electron chi connectivity index (χ1n) is 6.55. The van der Waals surface area contributed by atoms with Gasteiger partial charge >= 0.3 is 0 Å². The molecule has 0 aromatic heterocycles. The number of nitrogens with one attached hydrogen (secondary N) is 1. The fraction of sp³-hybridized carbons (Fsp3) is 0.571. The van der Waals surface area contributed by atoms with E-state index in [1.807, 2.05) is 6.07 Å². The van der Waals surface area contributed by atoms with Crippen LogP contribution >= 0.6 is 11.8 Å². The van der Waals surface area contributed by atoms with Crippen molar-refractivity contribution in [3.63, 3.8) is 0 Å². The van der Waals surface area contributed by atoms with Crippen molar-refractivity contribution < 1.29 is 10.2 Å². The number of aromatic hydroxyl groups is 2. The summed E-state index contributed by atoms with van der Waals surface area (Å²) in [7, 11) is 0. The topological polar surface area (TPSA) is 52.5 Å². The first-order valence-corrected chi connectivity index (χ1v) is 7.59. The molecule has 0 radical (unpaired) electrons. The summed E-state index contributed by atoms with van der Waals surface area (Å²) in [5.74, 6) is 1.10. The van der Waals surface area contributed by atoms with Crippen LogP contribution in [0.2, 0.25) is 0 Å². The van der Waals surface area contributed by atoms with Crippen LogP contribution in [0.15, 0.2) is 18.2 Å². The highest BCUT2D eigenvalue weighted by atomic mass is 32.2. The third kappa shape index (κ3) is 3.56. The summed E-state index contributed by atoms with van der Waals surface area (Å²) in [5, 5.41) is 23.0. The Balaban J connectivity index is 1.80. The number of benzene rings is 1. The molecule has 1 aromatic rings. The van der Waals surface area contributed by atoms with Crippen LogP contribution in [0.4, 0.5) is 0 Å². The molecule has 0 heterocycles. The van der Waals surface area contributed by atoms with Gasteiger partial charge in [0, 0.05) is 17.8 Å². The van der Waals surface area contributed by atoms with Crippen molar-refractivity contribution in [3.05, 3.63) is 23.8 Å². The maximum atomic E-state index is 9.42. The van der Waals surface area contributed by atoms with Gasteiger partial charge in [0.2, 0.25) is 0 Å². The fourth-order valence-electron chi connectivity index (χ4n) is 2.45. The molecule has 0 amide bonds. The molecule has 1 saturated carbocycles. The molecule has 2 atom stereocenters. The van der Waals surface area contributed by atoms with E-state index >= 15 is 0 Å². The van der Waals surface area contributed by atoms with Crippen LogP contribution in [0.5, 0.6) is 11.5 Å². The molecule has 0 aliphatic heterocycles. The average Bonchev–Trinajstić information content (AvgIpc) is 2.79. The molecule has 3 nitrogen and oxygen atoms in total. The van der Waals surface area contributed by atoms with Crippen molar-refractivity contribution in [3.8, 4) is 11.5 Å². The molecule has 100 valence electrons. The molecule has 0 saturated heterocycles. The molecule has 1 aliphatic rings. The second kappa shape index (κ2) is 6.34. The first-order chi connectivity index (χ1) is 8.69. The van der Waals surface area contributed by atoms with Crippen molar-refractivity contribution in [2.75, 3.05) is 5.75 Å². The highest BCUT2D eigenvalue weighted by molar-refractivity contribution is 7.99. The summed E-state index contributed by atoms with van der Waals surface area (Å²) in [5.41, 5.74) is 1.01. The molecule has 2 rings (SSSR count). The zero-order valence-electron chi connectivity index (χ0n) is 10.7. The van der Waals surface area contributed by atoms with E-state index in [2.05, 4.69) is 24.0 Å².